The maximum absolute atomic E-state index is 12.7. The van der Waals surface area contributed by atoms with Gasteiger partial charge in [-0.1, -0.05) is 24.3 Å². The van der Waals surface area contributed by atoms with Crippen LogP contribution in [0, 0.1) is 17.8 Å². The lowest BCUT2D eigenvalue weighted by Crippen LogP contribution is -2.35. The van der Waals surface area contributed by atoms with Gasteiger partial charge in [0.15, 0.2) is 0 Å². The molecule has 2 bridgehead atoms. The minimum atomic E-state index is -4.77. The van der Waals surface area contributed by atoms with Crippen molar-refractivity contribution in [3.63, 3.8) is 0 Å². The van der Waals surface area contributed by atoms with E-state index >= 15 is 0 Å². The number of fused-ring (bicyclic) bond motifs is 2. The van der Waals surface area contributed by atoms with E-state index in [-0.39, 0.29) is 23.5 Å². The Bertz CT molecular complexity index is 1700. The number of amides is 2. The summed E-state index contributed by atoms with van der Waals surface area (Å²) in [6.07, 6.45) is 3.07. The highest BCUT2D eigenvalue weighted by Gasteiger charge is 2.39. The molecule has 0 spiro atoms. The number of ether oxygens (including phenoxy) is 7. The number of anilines is 2. The summed E-state index contributed by atoms with van der Waals surface area (Å²) in [7, 11) is 0. The number of rotatable bonds is 27. The van der Waals surface area contributed by atoms with Crippen molar-refractivity contribution in [3.8, 4) is 17.0 Å². The van der Waals surface area contributed by atoms with E-state index in [2.05, 4.69) is 42.8 Å². The minimum Gasteiger partial charge on any atom is -0.406 e. The van der Waals surface area contributed by atoms with Crippen molar-refractivity contribution in [2.75, 3.05) is 97.7 Å². The number of carbonyl (C=O) groups excluding carboxylic acids is 2. The Labute approximate surface area is 329 Å². The van der Waals surface area contributed by atoms with Crippen molar-refractivity contribution in [1.82, 2.24) is 20.6 Å². The van der Waals surface area contributed by atoms with Gasteiger partial charge in [0.05, 0.1) is 85.0 Å². The number of hydrogen-bond acceptors (Lipinski definition) is 12. The molecule has 0 unspecified atom stereocenters. The zero-order valence-corrected chi connectivity index (χ0v) is 31.7. The zero-order chi connectivity index (χ0) is 40.1. The predicted molar refractivity (Wildman–Crippen MR) is 203 cm³/mol. The van der Waals surface area contributed by atoms with Crippen LogP contribution in [0.15, 0.2) is 73.1 Å². The number of benzene rings is 2. The van der Waals surface area contributed by atoms with E-state index in [9.17, 15) is 22.8 Å². The summed E-state index contributed by atoms with van der Waals surface area (Å²) < 4.78 is 74.2. The van der Waals surface area contributed by atoms with Gasteiger partial charge in [-0.2, -0.15) is 0 Å². The zero-order valence-electron chi connectivity index (χ0n) is 31.7. The molecular weight excluding hydrogens is 751 g/mol. The molecule has 3 atom stereocenters. The summed E-state index contributed by atoms with van der Waals surface area (Å²) >= 11 is 0. The van der Waals surface area contributed by atoms with Crippen LogP contribution in [0.3, 0.4) is 0 Å². The molecule has 1 heterocycles. The second kappa shape index (κ2) is 23.5. The molecule has 310 valence electrons. The average molecular weight is 802 g/mol. The number of aromatic nitrogens is 2. The quantitative estimate of drug-likeness (QED) is 0.0705. The lowest BCUT2D eigenvalue weighted by Gasteiger charge is -2.17. The average Bonchev–Trinajstić information content (AvgIpc) is 3.85. The Balaban J connectivity index is 0.801. The second-order valence-electron chi connectivity index (χ2n) is 13.2. The molecule has 14 nitrogen and oxygen atoms in total. The first-order chi connectivity index (χ1) is 27.7. The molecule has 2 amide bonds. The van der Waals surface area contributed by atoms with Gasteiger partial charge in [0, 0.05) is 41.9 Å². The minimum absolute atomic E-state index is 0.121. The number of nitrogens with one attached hydrogen (secondary N) is 3. The smallest absolute Gasteiger partial charge is 0.406 e. The first-order valence-electron chi connectivity index (χ1n) is 19.0. The summed E-state index contributed by atoms with van der Waals surface area (Å²) in [5, 5.41) is 8.81. The molecule has 5 rings (SSSR count). The van der Waals surface area contributed by atoms with E-state index in [1.165, 1.54) is 30.6 Å². The summed E-state index contributed by atoms with van der Waals surface area (Å²) in [5.41, 5.74) is 2.15. The van der Waals surface area contributed by atoms with Crippen molar-refractivity contribution >= 4 is 23.3 Å². The Morgan fingerprint density at radius 1 is 0.684 bits per heavy atom. The fourth-order valence-corrected chi connectivity index (χ4v) is 6.29. The van der Waals surface area contributed by atoms with Crippen LogP contribution in [0.5, 0.6) is 5.75 Å². The lowest BCUT2D eigenvalue weighted by molar-refractivity contribution is -0.274. The molecule has 0 saturated heterocycles. The van der Waals surface area contributed by atoms with E-state index in [1.54, 1.807) is 30.3 Å². The third-order valence-corrected chi connectivity index (χ3v) is 9.00. The van der Waals surface area contributed by atoms with Crippen LogP contribution in [0.4, 0.5) is 24.7 Å². The molecule has 1 fully saturated rings. The molecule has 3 N–H and O–H groups in total. The van der Waals surface area contributed by atoms with Gasteiger partial charge in [-0.15, -0.1) is 13.2 Å². The second-order valence-corrected chi connectivity index (χ2v) is 13.2. The van der Waals surface area contributed by atoms with Gasteiger partial charge in [-0.25, -0.2) is 9.97 Å². The Kier molecular flexibility index (Phi) is 18.0. The summed E-state index contributed by atoms with van der Waals surface area (Å²) in [6, 6.07) is 13.8. The highest BCUT2D eigenvalue weighted by Crippen LogP contribution is 2.43. The number of allylic oxidation sites excluding steroid dienone is 2. The third-order valence-electron chi connectivity index (χ3n) is 9.00. The molecular formula is C40H50F3N5O9. The number of alkyl halides is 3. The fourth-order valence-electron chi connectivity index (χ4n) is 6.29. The number of nitrogens with zero attached hydrogens (tertiary/aromatic N) is 2. The molecule has 1 saturated carbocycles. The molecule has 17 heteroatoms. The van der Waals surface area contributed by atoms with E-state index in [4.69, 9.17) is 28.4 Å². The normalized spacial score (nSPS) is 17.1. The molecule has 57 heavy (non-hydrogen) atoms. The first kappa shape index (κ1) is 43.5. The Morgan fingerprint density at radius 2 is 1.28 bits per heavy atom. The molecule has 2 aliphatic carbocycles. The summed E-state index contributed by atoms with van der Waals surface area (Å²) in [5.74, 6) is 1.05. The monoisotopic (exact) mass is 801 g/mol. The van der Waals surface area contributed by atoms with Gasteiger partial charge in [0.25, 0.3) is 5.91 Å². The van der Waals surface area contributed by atoms with Crippen LogP contribution < -0.4 is 20.7 Å². The molecule has 3 aromatic rings. The maximum atomic E-state index is 12.7. The topological polar surface area (TPSA) is 161 Å². The summed E-state index contributed by atoms with van der Waals surface area (Å²) in [4.78, 5) is 33.5. The Morgan fingerprint density at radius 3 is 1.84 bits per heavy atom. The van der Waals surface area contributed by atoms with Crippen molar-refractivity contribution in [2.24, 2.45) is 17.8 Å². The van der Waals surface area contributed by atoms with Crippen LogP contribution in [-0.4, -0.2) is 121 Å². The van der Waals surface area contributed by atoms with Gasteiger partial charge in [0.2, 0.25) is 5.91 Å². The van der Waals surface area contributed by atoms with Gasteiger partial charge in [-0.05, 0) is 61.1 Å². The van der Waals surface area contributed by atoms with Gasteiger partial charge in [-0.3, -0.25) is 9.59 Å². The largest absolute Gasteiger partial charge is 0.573 e. The number of halogens is 3. The molecule has 0 aliphatic heterocycles. The predicted octanol–water partition coefficient (Wildman–Crippen LogP) is 4.94. The summed E-state index contributed by atoms with van der Waals surface area (Å²) in [6.45, 7) is 5.91. The standard InChI is InChI=1S/C40H50F3N5O9/c41-40(42,43)57-34-8-6-33(7-9-34)48-37-27-36(46-28-47-37)31-2-1-3-32(26-31)38(49)44-10-12-51-14-16-53-18-20-55-22-23-56-21-19-54-17-15-52-13-11-45-39(50)35-25-29-4-5-30(35)24-29/h1-9,26-30,35H,10-25H2,(H,44,49)(H,45,50)(H,46,47,48)/t29-,30+,35-/m0/s1. The highest BCUT2D eigenvalue weighted by atomic mass is 19.4. The molecule has 0 radical (unpaired) electrons. The lowest BCUT2D eigenvalue weighted by atomic mass is 9.93. The van der Waals surface area contributed by atoms with Crippen molar-refractivity contribution in [1.29, 1.82) is 0 Å². The van der Waals surface area contributed by atoms with Crippen molar-refractivity contribution in [3.05, 3.63) is 78.6 Å². The SMILES string of the molecule is O=C(NCCOCCOCCOCCOCCOCCOCCNC(=O)[C@H]1C[C@H]2C=C[C@@H]1C2)c1cccc(-c2cc(Nc3ccc(OC(F)(F)F)cc3)ncn2)c1. The molecule has 2 aliphatic rings. The van der Waals surface area contributed by atoms with E-state index < -0.39 is 6.36 Å². The van der Waals surface area contributed by atoms with Crippen molar-refractivity contribution in [2.45, 2.75) is 19.2 Å². The van der Waals surface area contributed by atoms with Crippen LogP contribution >= 0.6 is 0 Å². The third kappa shape index (κ3) is 16.0. The van der Waals surface area contributed by atoms with Crippen LogP contribution in [0.2, 0.25) is 0 Å². The fraction of sp³-hybridized carbons (Fsp3) is 0.500. The maximum Gasteiger partial charge on any atom is 0.573 e. The van der Waals surface area contributed by atoms with Crippen molar-refractivity contribution < 1.29 is 55.9 Å². The van der Waals surface area contributed by atoms with Crippen LogP contribution in [0.1, 0.15) is 23.2 Å². The Hall–Kier alpha value is -4.65. The van der Waals surface area contributed by atoms with E-state index in [1.807, 2.05) is 0 Å². The van der Waals surface area contributed by atoms with E-state index in [0.29, 0.717) is 133 Å². The molecule has 2 aromatic carbocycles. The highest BCUT2D eigenvalue weighted by molar-refractivity contribution is 5.95. The first-order valence-corrected chi connectivity index (χ1v) is 19.0. The number of carbonyl (C=O) groups is 2. The van der Waals surface area contributed by atoms with Crippen LogP contribution in [0.25, 0.3) is 11.3 Å². The molecule has 1 aromatic heterocycles. The van der Waals surface area contributed by atoms with E-state index in [0.717, 1.165) is 12.8 Å². The van der Waals surface area contributed by atoms with Gasteiger partial charge in [0.1, 0.15) is 17.9 Å². The van der Waals surface area contributed by atoms with Gasteiger partial charge >= 0.3 is 6.36 Å². The number of hydrogen-bond donors (Lipinski definition) is 3. The van der Waals surface area contributed by atoms with Crippen LogP contribution in [-0.2, 0) is 33.2 Å². The van der Waals surface area contributed by atoms with Gasteiger partial charge < -0.3 is 49.1 Å².